The first-order chi connectivity index (χ1) is 35.0. The lowest BCUT2D eigenvalue weighted by molar-refractivity contribution is -0.167. The lowest BCUT2D eigenvalue weighted by atomic mass is 10.0. The Balaban J connectivity index is 4.32. The summed E-state index contributed by atoms with van der Waals surface area (Å²) in [6, 6.07) is 0. The molecule has 71 heavy (non-hydrogen) atoms. The van der Waals surface area contributed by atoms with Gasteiger partial charge in [-0.25, -0.2) is 0 Å². The summed E-state index contributed by atoms with van der Waals surface area (Å²) in [5.41, 5.74) is 0. The van der Waals surface area contributed by atoms with Crippen LogP contribution in [-0.2, 0) is 28.6 Å². The van der Waals surface area contributed by atoms with Crippen molar-refractivity contribution in [1.82, 2.24) is 0 Å². The lowest BCUT2D eigenvalue weighted by Crippen LogP contribution is -2.30. The fraction of sp³-hybridized carbons (Fsp3) is 0.892. The van der Waals surface area contributed by atoms with Crippen LogP contribution in [0.3, 0.4) is 0 Å². The minimum atomic E-state index is -0.771. The van der Waals surface area contributed by atoms with Gasteiger partial charge in [0.25, 0.3) is 0 Å². The Labute approximate surface area is 443 Å². The summed E-state index contributed by atoms with van der Waals surface area (Å²) in [4.78, 5) is 38.3. The van der Waals surface area contributed by atoms with Crippen molar-refractivity contribution in [2.45, 2.75) is 361 Å². The van der Waals surface area contributed by atoms with Gasteiger partial charge in [0.15, 0.2) is 6.10 Å². The van der Waals surface area contributed by atoms with Crippen LogP contribution in [-0.4, -0.2) is 37.2 Å². The molecule has 0 unspecified atom stereocenters. The van der Waals surface area contributed by atoms with Crippen LogP contribution in [0.2, 0.25) is 0 Å². The van der Waals surface area contributed by atoms with Crippen LogP contribution in [0.25, 0.3) is 0 Å². The average molecular weight is 1000 g/mol. The molecular weight excluding hydrogens is 877 g/mol. The Morgan fingerprint density at radius 3 is 0.704 bits per heavy atom. The van der Waals surface area contributed by atoms with E-state index >= 15 is 0 Å². The van der Waals surface area contributed by atoms with Gasteiger partial charge in [0, 0.05) is 19.3 Å². The van der Waals surface area contributed by atoms with Gasteiger partial charge < -0.3 is 14.2 Å². The topological polar surface area (TPSA) is 78.9 Å². The summed E-state index contributed by atoms with van der Waals surface area (Å²) >= 11 is 0. The molecule has 0 aliphatic carbocycles. The Morgan fingerprint density at radius 1 is 0.268 bits per heavy atom. The number of unbranched alkanes of at least 4 members (excludes halogenated alkanes) is 44. The minimum Gasteiger partial charge on any atom is -0.462 e. The quantitative estimate of drug-likeness (QED) is 0.0261. The number of esters is 3. The van der Waals surface area contributed by atoms with Crippen LogP contribution in [0.15, 0.2) is 24.3 Å². The van der Waals surface area contributed by atoms with E-state index in [1.54, 1.807) is 0 Å². The first-order valence-corrected chi connectivity index (χ1v) is 31.8. The van der Waals surface area contributed by atoms with Crippen molar-refractivity contribution in [3.05, 3.63) is 24.3 Å². The molecule has 0 spiro atoms. The van der Waals surface area contributed by atoms with Crippen LogP contribution in [0.4, 0.5) is 0 Å². The Morgan fingerprint density at radius 2 is 0.465 bits per heavy atom. The SMILES string of the molecule is CCCCCCCC/C=C\CCCCCCCCCCCC(=O)OC[C@H](COC(=O)CCCCCCCCC/C=C\CCCCCCCC)OC(=O)CCCCCCCCCCCCCCCCCCC. The Hall–Kier alpha value is -2.11. The van der Waals surface area contributed by atoms with Gasteiger partial charge in [-0.3, -0.25) is 14.4 Å². The smallest absolute Gasteiger partial charge is 0.306 e. The summed E-state index contributed by atoms with van der Waals surface area (Å²) in [5, 5.41) is 0. The molecule has 0 aliphatic rings. The van der Waals surface area contributed by atoms with Gasteiger partial charge in [-0.05, 0) is 70.6 Å². The zero-order valence-corrected chi connectivity index (χ0v) is 48.0. The fourth-order valence-corrected chi connectivity index (χ4v) is 9.61. The van der Waals surface area contributed by atoms with Crippen molar-refractivity contribution >= 4 is 17.9 Å². The number of ether oxygens (including phenoxy) is 3. The number of hydrogen-bond acceptors (Lipinski definition) is 6. The van der Waals surface area contributed by atoms with E-state index in [0.717, 1.165) is 57.8 Å². The Bertz CT molecular complexity index is 1150. The van der Waals surface area contributed by atoms with Crippen LogP contribution in [0.5, 0.6) is 0 Å². The maximum Gasteiger partial charge on any atom is 0.306 e. The monoisotopic (exact) mass is 999 g/mol. The van der Waals surface area contributed by atoms with Crippen molar-refractivity contribution < 1.29 is 28.6 Å². The van der Waals surface area contributed by atoms with Crippen molar-refractivity contribution in [2.24, 2.45) is 0 Å². The van der Waals surface area contributed by atoms with Crippen LogP contribution < -0.4 is 0 Å². The van der Waals surface area contributed by atoms with Crippen molar-refractivity contribution in [3.8, 4) is 0 Å². The number of allylic oxidation sites excluding steroid dienone is 4. The standard InChI is InChI=1S/C65H122O6/c1-4-7-10-13-16-19-22-25-28-31-32-35-37-40-43-46-49-52-55-58-64(67)70-61-62(71-65(68)59-56-53-50-47-44-41-38-34-30-27-24-21-18-15-12-9-6-3)60-69-63(66)57-54-51-48-45-42-39-36-33-29-26-23-20-17-14-11-8-5-2/h25-26,28-29,62H,4-24,27,30-61H2,1-3H3/b28-25-,29-26-/t62-/m0/s1. The molecule has 0 aromatic heterocycles. The third-order valence-corrected chi connectivity index (χ3v) is 14.4. The van der Waals surface area contributed by atoms with Crippen LogP contribution in [0, 0.1) is 0 Å². The summed E-state index contributed by atoms with van der Waals surface area (Å²) < 4.78 is 16.9. The van der Waals surface area contributed by atoms with Crippen molar-refractivity contribution in [2.75, 3.05) is 13.2 Å². The highest BCUT2D eigenvalue weighted by Gasteiger charge is 2.19. The third-order valence-electron chi connectivity index (χ3n) is 14.4. The van der Waals surface area contributed by atoms with Gasteiger partial charge in [-0.1, -0.05) is 289 Å². The highest BCUT2D eigenvalue weighted by Crippen LogP contribution is 2.17. The first kappa shape index (κ1) is 68.9. The molecule has 0 N–H and O–H groups in total. The van der Waals surface area contributed by atoms with Gasteiger partial charge in [0.2, 0.25) is 0 Å². The molecule has 0 saturated heterocycles. The molecule has 0 fully saturated rings. The fourth-order valence-electron chi connectivity index (χ4n) is 9.61. The predicted octanol–water partition coefficient (Wildman–Crippen LogP) is 21.4. The molecule has 418 valence electrons. The number of hydrogen-bond donors (Lipinski definition) is 0. The summed E-state index contributed by atoms with van der Waals surface area (Å²) in [7, 11) is 0. The maximum atomic E-state index is 12.9. The molecule has 0 bridgehead atoms. The molecule has 6 heteroatoms. The highest BCUT2D eigenvalue weighted by molar-refractivity contribution is 5.71. The van der Waals surface area contributed by atoms with Crippen molar-refractivity contribution in [3.63, 3.8) is 0 Å². The molecule has 0 aliphatic heterocycles. The second kappa shape index (κ2) is 60.4. The average Bonchev–Trinajstić information content (AvgIpc) is 3.37. The molecule has 0 rings (SSSR count). The van der Waals surface area contributed by atoms with Gasteiger partial charge in [0.05, 0.1) is 0 Å². The van der Waals surface area contributed by atoms with Gasteiger partial charge >= 0.3 is 17.9 Å². The summed E-state index contributed by atoms with van der Waals surface area (Å²) in [6.45, 7) is 6.69. The minimum absolute atomic E-state index is 0.0687. The van der Waals surface area contributed by atoms with E-state index < -0.39 is 6.10 Å². The number of carbonyl (C=O) groups excluding carboxylic acids is 3. The molecule has 0 aromatic rings. The van der Waals surface area contributed by atoms with Crippen LogP contribution >= 0.6 is 0 Å². The van der Waals surface area contributed by atoms with E-state index in [-0.39, 0.29) is 31.1 Å². The van der Waals surface area contributed by atoms with Gasteiger partial charge in [0.1, 0.15) is 13.2 Å². The molecule has 0 heterocycles. The molecule has 0 saturated carbocycles. The highest BCUT2D eigenvalue weighted by atomic mass is 16.6. The van der Waals surface area contributed by atoms with Crippen molar-refractivity contribution in [1.29, 1.82) is 0 Å². The zero-order valence-electron chi connectivity index (χ0n) is 48.0. The van der Waals surface area contributed by atoms with Gasteiger partial charge in [-0.2, -0.15) is 0 Å². The molecule has 0 amide bonds. The van der Waals surface area contributed by atoms with E-state index in [1.807, 2.05) is 0 Å². The molecule has 0 radical (unpaired) electrons. The van der Waals surface area contributed by atoms with E-state index in [2.05, 4.69) is 45.1 Å². The maximum absolute atomic E-state index is 12.9. The van der Waals surface area contributed by atoms with Crippen LogP contribution in [0.1, 0.15) is 355 Å². The zero-order chi connectivity index (χ0) is 51.4. The van der Waals surface area contributed by atoms with E-state index in [4.69, 9.17) is 14.2 Å². The van der Waals surface area contributed by atoms with E-state index in [0.29, 0.717) is 19.3 Å². The second-order valence-corrected chi connectivity index (χ2v) is 21.7. The largest absolute Gasteiger partial charge is 0.462 e. The first-order valence-electron chi connectivity index (χ1n) is 31.8. The molecule has 6 nitrogen and oxygen atoms in total. The second-order valence-electron chi connectivity index (χ2n) is 21.7. The summed E-state index contributed by atoms with van der Waals surface area (Å²) in [6.07, 6.45) is 71.7. The van der Waals surface area contributed by atoms with E-state index in [1.165, 1.54) is 257 Å². The van der Waals surface area contributed by atoms with E-state index in [9.17, 15) is 14.4 Å². The molecule has 1 atom stereocenters. The normalized spacial score (nSPS) is 12.1. The van der Waals surface area contributed by atoms with Gasteiger partial charge in [-0.15, -0.1) is 0 Å². The molecular formula is C65H122O6. The Kier molecular flexibility index (Phi) is 58.6. The molecule has 0 aromatic carbocycles. The third kappa shape index (κ3) is 58.7. The number of rotatable bonds is 59. The number of carbonyl (C=O) groups is 3. The summed E-state index contributed by atoms with van der Waals surface area (Å²) in [5.74, 6) is -0.848. The lowest BCUT2D eigenvalue weighted by Gasteiger charge is -2.18. The predicted molar refractivity (Wildman–Crippen MR) is 307 cm³/mol.